The molecule has 5 heteroatoms. The molecule has 2 N–H and O–H groups in total. The zero-order valence-corrected chi connectivity index (χ0v) is 15.0. The van der Waals surface area contributed by atoms with Crippen molar-refractivity contribution in [3.05, 3.63) is 64.1 Å². The Morgan fingerprint density at radius 3 is 2.88 bits per heavy atom. The van der Waals surface area contributed by atoms with Gasteiger partial charge in [-0.05, 0) is 55.3 Å². The number of carboxylic acids is 1. The molecule has 1 heterocycles. The van der Waals surface area contributed by atoms with Crippen LogP contribution in [0.5, 0.6) is 0 Å². The van der Waals surface area contributed by atoms with Gasteiger partial charge in [-0.25, -0.2) is 4.79 Å². The van der Waals surface area contributed by atoms with E-state index in [0.717, 1.165) is 48.2 Å². The second kappa shape index (κ2) is 7.81. The topological polar surface area (TPSA) is 52.6 Å². The highest BCUT2D eigenvalue weighted by Gasteiger charge is 2.20. The number of nitrogens with one attached hydrogen (secondary N) is 1. The van der Waals surface area contributed by atoms with Crippen LogP contribution in [0.2, 0.25) is 0 Å². The zero-order chi connectivity index (χ0) is 16.9. The van der Waals surface area contributed by atoms with Gasteiger partial charge in [-0.3, -0.25) is 4.90 Å². The molecular formula is C19H21BrN2O2. The number of hydrogen-bond acceptors (Lipinski definition) is 3. The van der Waals surface area contributed by atoms with Crippen LogP contribution < -0.4 is 5.32 Å². The maximum Gasteiger partial charge on any atom is 0.335 e. The van der Waals surface area contributed by atoms with E-state index in [9.17, 15) is 4.79 Å². The third-order valence-electron chi connectivity index (χ3n) is 4.28. The molecule has 4 nitrogen and oxygen atoms in total. The first-order chi connectivity index (χ1) is 11.6. The van der Waals surface area contributed by atoms with Gasteiger partial charge in [0.05, 0.1) is 5.56 Å². The molecule has 1 fully saturated rings. The highest BCUT2D eigenvalue weighted by Crippen LogP contribution is 2.21. The van der Waals surface area contributed by atoms with Crippen molar-refractivity contribution in [2.75, 3.05) is 18.4 Å². The molecule has 1 aliphatic heterocycles. The molecule has 1 unspecified atom stereocenters. The zero-order valence-electron chi connectivity index (χ0n) is 13.4. The van der Waals surface area contributed by atoms with Gasteiger partial charge < -0.3 is 10.4 Å². The fourth-order valence-corrected chi connectivity index (χ4v) is 3.59. The summed E-state index contributed by atoms with van der Waals surface area (Å²) in [6.07, 6.45) is 2.29. The van der Waals surface area contributed by atoms with E-state index >= 15 is 0 Å². The van der Waals surface area contributed by atoms with E-state index in [0.29, 0.717) is 11.6 Å². The molecule has 0 radical (unpaired) electrons. The number of piperidine rings is 1. The highest BCUT2D eigenvalue weighted by molar-refractivity contribution is 9.10. The predicted octanol–water partition coefficient (Wildman–Crippen LogP) is 4.22. The molecule has 0 bridgehead atoms. The van der Waals surface area contributed by atoms with Crippen molar-refractivity contribution in [3.8, 4) is 0 Å². The van der Waals surface area contributed by atoms with E-state index in [1.165, 1.54) is 0 Å². The summed E-state index contributed by atoms with van der Waals surface area (Å²) in [7, 11) is 0. The minimum atomic E-state index is -0.871. The van der Waals surface area contributed by atoms with Gasteiger partial charge in [0.2, 0.25) is 0 Å². The summed E-state index contributed by atoms with van der Waals surface area (Å²) >= 11 is 3.50. The van der Waals surface area contributed by atoms with E-state index in [4.69, 9.17) is 5.11 Å². The highest BCUT2D eigenvalue weighted by atomic mass is 79.9. The van der Waals surface area contributed by atoms with Crippen molar-refractivity contribution >= 4 is 27.6 Å². The smallest absolute Gasteiger partial charge is 0.335 e. The Balaban J connectivity index is 1.61. The van der Waals surface area contributed by atoms with Crippen molar-refractivity contribution < 1.29 is 9.90 Å². The Morgan fingerprint density at radius 2 is 2.08 bits per heavy atom. The number of nitrogens with zero attached hydrogens (tertiary/aromatic N) is 1. The van der Waals surface area contributed by atoms with Crippen molar-refractivity contribution in [2.45, 2.75) is 25.4 Å². The molecule has 0 saturated carbocycles. The standard InChI is InChI=1S/C19H21BrN2O2/c20-16-6-2-7-17(11-16)21-18-8-3-9-22(13-18)12-14-4-1-5-15(10-14)19(23)24/h1-2,4-7,10-11,18,21H,3,8-9,12-13H2,(H,23,24). The Bertz CT molecular complexity index is 720. The van der Waals surface area contributed by atoms with Crippen molar-refractivity contribution in [3.63, 3.8) is 0 Å². The summed E-state index contributed by atoms with van der Waals surface area (Å²) in [4.78, 5) is 13.5. The number of rotatable bonds is 5. The predicted molar refractivity (Wildman–Crippen MR) is 99.5 cm³/mol. The number of carbonyl (C=O) groups is 1. The lowest BCUT2D eigenvalue weighted by atomic mass is 10.0. The van der Waals surface area contributed by atoms with Gasteiger partial charge in [0.15, 0.2) is 0 Å². The van der Waals surface area contributed by atoms with Crippen LogP contribution in [0.25, 0.3) is 0 Å². The van der Waals surface area contributed by atoms with Crippen LogP contribution in [0.1, 0.15) is 28.8 Å². The van der Waals surface area contributed by atoms with Crippen molar-refractivity contribution in [1.82, 2.24) is 4.90 Å². The molecule has 1 saturated heterocycles. The van der Waals surface area contributed by atoms with E-state index in [1.54, 1.807) is 12.1 Å². The third kappa shape index (κ3) is 4.58. The van der Waals surface area contributed by atoms with Crippen LogP contribution in [0.15, 0.2) is 53.0 Å². The Morgan fingerprint density at radius 1 is 1.25 bits per heavy atom. The largest absolute Gasteiger partial charge is 0.478 e. The average molecular weight is 389 g/mol. The molecule has 2 aromatic carbocycles. The molecular weight excluding hydrogens is 368 g/mol. The fourth-order valence-electron chi connectivity index (χ4n) is 3.19. The minimum Gasteiger partial charge on any atom is -0.478 e. The van der Waals surface area contributed by atoms with Gasteiger partial charge in [-0.15, -0.1) is 0 Å². The van der Waals surface area contributed by atoms with Gasteiger partial charge in [-0.2, -0.15) is 0 Å². The van der Waals surface area contributed by atoms with Gasteiger partial charge in [0, 0.05) is 29.3 Å². The van der Waals surface area contributed by atoms with Gasteiger partial charge in [-0.1, -0.05) is 34.1 Å². The maximum absolute atomic E-state index is 11.1. The van der Waals surface area contributed by atoms with Crippen LogP contribution in [0.4, 0.5) is 5.69 Å². The summed E-state index contributed by atoms with van der Waals surface area (Å²) in [5.41, 5.74) is 2.54. The number of hydrogen-bond donors (Lipinski definition) is 2. The molecule has 0 spiro atoms. The Labute approximate surface area is 150 Å². The SMILES string of the molecule is O=C(O)c1cccc(CN2CCCC(Nc3cccc(Br)c3)C2)c1. The summed E-state index contributed by atoms with van der Waals surface area (Å²) in [6.45, 7) is 2.80. The minimum absolute atomic E-state index is 0.355. The molecule has 0 aromatic heterocycles. The first kappa shape index (κ1) is 17.0. The van der Waals surface area contributed by atoms with Crippen LogP contribution >= 0.6 is 15.9 Å². The summed E-state index contributed by atoms with van der Waals surface area (Å²) in [5, 5.41) is 12.7. The second-order valence-electron chi connectivity index (χ2n) is 6.23. The first-order valence-electron chi connectivity index (χ1n) is 8.17. The number of halogens is 1. The molecule has 0 aliphatic carbocycles. The quantitative estimate of drug-likeness (QED) is 0.804. The number of anilines is 1. The van der Waals surface area contributed by atoms with Crippen LogP contribution in [0.3, 0.4) is 0 Å². The van der Waals surface area contributed by atoms with Crippen LogP contribution in [-0.4, -0.2) is 35.1 Å². The number of aromatic carboxylic acids is 1. The monoisotopic (exact) mass is 388 g/mol. The normalized spacial score (nSPS) is 18.3. The van der Waals surface area contributed by atoms with Gasteiger partial charge in [0.25, 0.3) is 0 Å². The molecule has 126 valence electrons. The van der Waals surface area contributed by atoms with E-state index in [1.807, 2.05) is 24.3 Å². The number of benzene rings is 2. The molecule has 1 aliphatic rings. The number of likely N-dealkylation sites (tertiary alicyclic amines) is 1. The first-order valence-corrected chi connectivity index (χ1v) is 8.96. The number of carboxylic acid groups (broad SMARTS) is 1. The Kier molecular flexibility index (Phi) is 5.53. The molecule has 0 amide bonds. The fraction of sp³-hybridized carbons (Fsp3) is 0.316. The summed E-state index contributed by atoms with van der Waals surface area (Å²) < 4.78 is 1.07. The van der Waals surface area contributed by atoms with Crippen molar-refractivity contribution in [1.29, 1.82) is 0 Å². The van der Waals surface area contributed by atoms with Crippen LogP contribution in [0, 0.1) is 0 Å². The molecule has 2 aromatic rings. The molecule has 24 heavy (non-hydrogen) atoms. The lowest BCUT2D eigenvalue weighted by Crippen LogP contribution is -2.41. The lowest BCUT2D eigenvalue weighted by molar-refractivity contribution is 0.0696. The van der Waals surface area contributed by atoms with E-state index < -0.39 is 5.97 Å². The second-order valence-corrected chi connectivity index (χ2v) is 7.15. The lowest BCUT2D eigenvalue weighted by Gasteiger charge is -2.33. The van der Waals surface area contributed by atoms with Gasteiger partial charge in [0.1, 0.15) is 0 Å². The van der Waals surface area contributed by atoms with E-state index in [-0.39, 0.29) is 0 Å². The summed E-state index contributed by atoms with van der Waals surface area (Å²) in [6, 6.07) is 15.9. The van der Waals surface area contributed by atoms with Crippen LogP contribution in [-0.2, 0) is 6.54 Å². The molecule has 1 atom stereocenters. The maximum atomic E-state index is 11.1. The van der Waals surface area contributed by atoms with Gasteiger partial charge >= 0.3 is 5.97 Å². The summed E-state index contributed by atoms with van der Waals surface area (Å²) in [5.74, 6) is -0.871. The average Bonchev–Trinajstić information content (AvgIpc) is 2.55. The van der Waals surface area contributed by atoms with Crippen molar-refractivity contribution in [2.24, 2.45) is 0 Å². The Hall–Kier alpha value is -1.85. The molecule has 3 rings (SSSR count). The van der Waals surface area contributed by atoms with E-state index in [2.05, 4.69) is 38.3 Å². The third-order valence-corrected chi connectivity index (χ3v) is 4.77.